The normalized spacial score (nSPS) is 14.2. The van der Waals surface area contributed by atoms with Gasteiger partial charge in [0.2, 0.25) is 0 Å². The van der Waals surface area contributed by atoms with Crippen LogP contribution in [0.15, 0.2) is 0 Å². The maximum Gasteiger partial charge on any atom is 0.0656 e. The third-order valence-electron chi connectivity index (χ3n) is 2.23. The SMILES string of the molecule is [B]CC(C)C(CC)CC. The Morgan fingerprint density at radius 1 is 1.22 bits per heavy atom. The van der Waals surface area contributed by atoms with E-state index in [9.17, 15) is 0 Å². The van der Waals surface area contributed by atoms with Crippen LogP contribution >= 0.6 is 0 Å². The molecule has 0 rings (SSSR count). The van der Waals surface area contributed by atoms with E-state index >= 15 is 0 Å². The lowest BCUT2D eigenvalue weighted by molar-refractivity contribution is 0.362. The van der Waals surface area contributed by atoms with Gasteiger partial charge in [0.05, 0.1) is 7.85 Å². The molecule has 2 radical (unpaired) electrons. The predicted molar refractivity (Wildman–Crippen MR) is 43.8 cm³/mol. The Bertz CT molecular complexity index is 57.6. The highest BCUT2D eigenvalue weighted by atomic mass is 14.1. The molecule has 1 atom stereocenters. The maximum absolute atomic E-state index is 5.52. The van der Waals surface area contributed by atoms with Crippen molar-refractivity contribution in [3.63, 3.8) is 0 Å². The molecule has 0 nitrogen and oxygen atoms in total. The van der Waals surface area contributed by atoms with Gasteiger partial charge < -0.3 is 0 Å². The Labute approximate surface area is 60.4 Å². The first-order chi connectivity index (χ1) is 4.26. The van der Waals surface area contributed by atoms with Crippen molar-refractivity contribution < 1.29 is 0 Å². The zero-order valence-corrected chi connectivity index (χ0v) is 6.85. The van der Waals surface area contributed by atoms with Gasteiger partial charge in [0, 0.05) is 0 Å². The molecule has 0 aromatic rings. The summed E-state index contributed by atoms with van der Waals surface area (Å²) in [5.41, 5.74) is 0. The van der Waals surface area contributed by atoms with E-state index in [1.54, 1.807) is 0 Å². The summed E-state index contributed by atoms with van der Waals surface area (Å²) in [5, 5.41) is 0. The molecule has 0 spiro atoms. The lowest BCUT2D eigenvalue weighted by Crippen LogP contribution is -2.08. The first-order valence-electron chi connectivity index (χ1n) is 3.96. The average Bonchev–Trinajstić information content (AvgIpc) is 1.90. The van der Waals surface area contributed by atoms with Crippen molar-refractivity contribution in [1.29, 1.82) is 0 Å². The highest BCUT2D eigenvalue weighted by Crippen LogP contribution is 2.20. The van der Waals surface area contributed by atoms with E-state index in [1.165, 1.54) is 12.8 Å². The van der Waals surface area contributed by atoms with E-state index in [0.717, 1.165) is 12.2 Å². The highest BCUT2D eigenvalue weighted by molar-refractivity contribution is 6.08. The van der Waals surface area contributed by atoms with Gasteiger partial charge in [0.25, 0.3) is 0 Å². The van der Waals surface area contributed by atoms with Crippen molar-refractivity contribution in [3.05, 3.63) is 0 Å². The van der Waals surface area contributed by atoms with Crippen molar-refractivity contribution in [2.45, 2.75) is 39.9 Å². The van der Waals surface area contributed by atoms with Gasteiger partial charge >= 0.3 is 0 Å². The van der Waals surface area contributed by atoms with Crippen LogP contribution in [0.3, 0.4) is 0 Å². The molecular formula is C8H17B. The summed E-state index contributed by atoms with van der Waals surface area (Å²) in [6.07, 6.45) is 3.38. The fourth-order valence-electron chi connectivity index (χ4n) is 1.29. The number of hydrogen-bond acceptors (Lipinski definition) is 0. The van der Waals surface area contributed by atoms with Crippen LogP contribution in [0.1, 0.15) is 33.6 Å². The fourth-order valence-corrected chi connectivity index (χ4v) is 1.29. The molecule has 0 N–H and O–H groups in total. The van der Waals surface area contributed by atoms with E-state index in [0.29, 0.717) is 5.92 Å². The van der Waals surface area contributed by atoms with Crippen LogP contribution in [0.5, 0.6) is 0 Å². The minimum atomic E-state index is 0.708. The molecule has 0 heterocycles. The summed E-state index contributed by atoms with van der Waals surface area (Å²) in [6.45, 7) is 6.71. The Balaban J connectivity index is 3.50. The average molecular weight is 124 g/mol. The van der Waals surface area contributed by atoms with Gasteiger partial charge in [-0.05, 0) is 11.8 Å². The van der Waals surface area contributed by atoms with Crippen LogP contribution in [-0.2, 0) is 0 Å². The van der Waals surface area contributed by atoms with Gasteiger partial charge in [-0.15, -0.1) is 0 Å². The van der Waals surface area contributed by atoms with E-state index < -0.39 is 0 Å². The number of rotatable bonds is 4. The van der Waals surface area contributed by atoms with Crippen LogP contribution in [0.25, 0.3) is 0 Å². The molecule has 0 aliphatic heterocycles. The quantitative estimate of drug-likeness (QED) is 0.505. The third-order valence-corrected chi connectivity index (χ3v) is 2.23. The van der Waals surface area contributed by atoms with Crippen molar-refractivity contribution in [2.24, 2.45) is 11.8 Å². The lowest BCUT2D eigenvalue weighted by Gasteiger charge is -2.18. The fraction of sp³-hybridized carbons (Fsp3) is 1.00. The van der Waals surface area contributed by atoms with Gasteiger partial charge in [-0.1, -0.05) is 39.9 Å². The van der Waals surface area contributed by atoms with Gasteiger partial charge in [0.15, 0.2) is 0 Å². The molecule has 0 aromatic carbocycles. The molecule has 0 aromatic heterocycles. The molecule has 1 heteroatoms. The standard InChI is InChI=1S/C8H17B/c1-4-8(5-2)7(3)6-9/h7-8H,4-6H2,1-3H3. The Morgan fingerprint density at radius 2 is 1.67 bits per heavy atom. The maximum atomic E-state index is 5.52. The Morgan fingerprint density at radius 3 is 1.78 bits per heavy atom. The lowest BCUT2D eigenvalue weighted by atomic mass is 9.80. The van der Waals surface area contributed by atoms with Crippen LogP contribution in [0.2, 0.25) is 6.32 Å². The van der Waals surface area contributed by atoms with Crippen molar-refractivity contribution in [3.8, 4) is 0 Å². The second-order valence-electron chi connectivity index (χ2n) is 2.79. The third kappa shape index (κ3) is 2.93. The highest BCUT2D eigenvalue weighted by Gasteiger charge is 2.09. The van der Waals surface area contributed by atoms with Crippen molar-refractivity contribution in [2.75, 3.05) is 0 Å². The zero-order chi connectivity index (χ0) is 7.28. The molecule has 52 valence electrons. The Kier molecular flexibility index (Phi) is 4.93. The van der Waals surface area contributed by atoms with Gasteiger partial charge in [-0.25, -0.2) is 0 Å². The molecular weight excluding hydrogens is 107 g/mol. The van der Waals surface area contributed by atoms with Gasteiger partial charge in [0.1, 0.15) is 0 Å². The molecule has 1 unspecified atom stereocenters. The zero-order valence-electron chi connectivity index (χ0n) is 6.85. The summed E-state index contributed by atoms with van der Waals surface area (Å²) in [5.74, 6) is 1.55. The van der Waals surface area contributed by atoms with E-state index in [1.807, 2.05) is 0 Å². The number of hydrogen-bond donors (Lipinski definition) is 0. The minimum Gasteiger partial charge on any atom is -0.0859 e. The van der Waals surface area contributed by atoms with Gasteiger partial charge in [-0.3, -0.25) is 0 Å². The molecule has 9 heavy (non-hydrogen) atoms. The van der Waals surface area contributed by atoms with Crippen molar-refractivity contribution >= 4 is 7.85 Å². The van der Waals surface area contributed by atoms with Gasteiger partial charge in [-0.2, -0.15) is 0 Å². The molecule has 0 fully saturated rings. The predicted octanol–water partition coefficient (Wildman–Crippen LogP) is 2.65. The second kappa shape index (κ2) is 4.90. The van der Waals surface area contributed by atoms with Crippen LogP contribution in [0, 0.1) is 11.8 Å². The largest absolute Gasteiger partial charge is 0.0859 e. The first kappa shape index (κ1) is 9.06. The minimum absolute atomic E-state index is 0.708. The molecule has 0 amide bonds. The molecule has 0 saturated carbocycles. The molecule has 0 saturated heterocycles. The van der Waals surface area contributed by atoms with Crippen LogP contribution in [0.4, 0.5) is 0 Å². The first-order valence-corrected chi connectivity index (χ1v) is 3.96. The molecule has 0 bridgehead atoms. The summed E-state index contributed by atoms with van der Waals surface area (Å²) < 4.78 is 0. The molecule has 0 aliphatic carbocycles. The van der Waals surface area contributed by atoms with E-state index in [2.05, 4.69) is 20.8 Å². The summed E-state index contributed by atoms with van der Waals surface area (Å²) in [4.78, 5) is 0. The smallest absolute Gasteiger partial charge is 0.0656 e. The van der Waals surface area contributed by atoms with Crippen LogP contribution < -0.4 is 0 Å². The summed E-state index contributed by atoms with van der Waals surface area (Å²) in [6, 6.07) is 0. The monoisotopic (exact) mass is 124 g/mol. The van der Waals surface area contributed by atoms with Crippen LogP contribution in [-0.4, -0.2) is 7.85 Å². The van der Waals surface area contributed by atoms with E-state index in [4.69, 9.17) is 7.85 Å². The summed E-state index contributed by atoms with van der Waals surface area (Å²) in [7, 11) is 5.52. The second-order valence-corrected chi connectivity index (χ2v) is 2.79. The van der Waals surface area contributed by atoms with E-state index in [-0.39, 0.29) is 0 Å². The van der Waals surface area contributed by atoms with Crippen molar-refractivity contribution in [1.82, 2.24) is 0 Å². The summed E-state index contributed by atoms with van der Waals surface area (Å²) >= 11 is 0. The Hall–Kier alpha value is 0.0649. The topological polar surface area (TPSA) is 0 Å². The molecule has 0 aliphatic rings.